The zero-order valence-electron chi connectivity index (χ0n) is 10.5. The number of likely N-dealkylation sites (tertiary alicyclic amines) is 1. The minimum atomic E-state index is -1.34. The molecule has 1 amide bonds. The lowest BCUT2D eigenvalue weighted by Crippen LogP contribution is -2.54. The number of amides is 1. The topological polar surface area (TPSA) is 79.5 Å². The first-order valence-electron chi connectivity index (χ1n) is 5.78. The summed E-state index contributed by atoms with van der Waals surface area (Å²) in [6.45, 7) is 1.05. The Labute approximate surface area is 125 Å². The number of pyridine rings is 1. The molecule has 19 heavy (non-hydrogen) atoms. The van der Waals surface area contributed by atoms with E-state index in [1.54, 1.807) is 29.4 Å². The molecule has 2 heterocycles. The molecule has 0 saturated carbocycles. The van der Waals surface area contributed by atoms with Crippen LogP contribution in [-0.2, 0) is 10.3 Å². The van der Waals surface area contributed by atoms with Gasteiger partial charge in [-0.25, -0.2) is 0 Å². The zero-order valence-corrected chi connectivity index (χ0v) is 12.1. The van der Waals surface area contributed by atoms with Crippen molar-refractivity contribution in [3.8, 4) is 0 Å². The van der Waals surface area contributed by atoms with Gasteiger partial charge in [0.15, 0.2) is 0 Å². The molecule has 1 aromatic heterocycles. The van der Waals surface area contributed by atoms with E-state index in [-0.39, 0.29) is 30.7 Å². The molecule has 0 spiro atoms. The van der Waals surface area contributed by atoms with Gasteiger partial charge in [0.2, 0.25) is 5.91 Å². The number of nitrogens with two attached hydrogens (primary N) is 1. The Hall–Kier alpha value is -0.880. The van der Waals surface area contributed by atoms with Crippen LogP contribution in [0.15, 0.2) is 24.5 Å². The van der Waals surface area contributed by atoms with E-state index in [1.165, 1.54) is 0 Å². The lowest BCUT2D eigenvalue weighted by Gasteiger charge is -2.30. The monoisotopic (exact) mass is 307 g/mol. The second-order valence-electron chi connectivity index (χ2n) is 4.36. The van der Waals surface area contributed by atoms with Crippen LogP contribution in [0.3, 0.4) is 0 Å². The Morgan fingerprint density at radius 1 is 1.32 bits per heavy atom. The summed E-state index contributed by atoms with van der Waals surface area (Å²) in [6, 6.07) is 3.34. The maximum absolute atomic E-state index is 12.3. The fourth-order valence-corrected chi connectivity index (χ4v) is 2.13. The maximum Gasteiger partial charge on any atom is 0.249 e. The van der Waals surface area contributed by atoms with Gasteiger partial charge in [0.1, 0.15) is 5.54 Å². The van der Waals surface area contributed by atoms with Gasteiger partial charge in [-0.2, -0.15) is 0 Å². The van der Waals surface area contributed by atoms with Crippen molar-refractivity contribution in [2.45, 2.75) is 18.4 Å². The third kappa shape index (κ3) is 3.57. The van der Waals surface area contributed by atoms with Crippen LogP contribution in [0.5, 0.6) is 0 Å². The van der Waals surface area contributed by atoms with E-state index in [9.17, 15) is 9.90 Å². The second-order valence-corrected chi connectivity index (χ2v) is 4.36. The average molecular weight is 308 g/mol. The number of hydrogen-bond acceptors (Lipinski definition) is 4. The van der Waals surface area contributed by atoms with E-state index in [4.69, 9.17) is 5.73 Å². The largest absolute Gasteiger partial charge is 0.394 e. The van der Waals surface area contributed by atoms with Crippen molar-refractivity contribution in [3.05, 3.63) is 30.1 Å². The Kier molecular flexibility index (Phi) is 7.29. The molecule has 1 aliphatic rings. The van der Waals surface area contributed by atoms with Gasteiger partial charge in [0.25, 0.3) is 0 Å². The highest BCUT2D eigenvalue weighted by Gasteiger charge is 2.39. The number of hydrogen-bond donors (Lipinski definition) is 2. The maximum atomic E-state index is 12.3. The van der Waals surface area contributed by atoms with Gasteiger partial charge < -0.3 is 15.7 Å². The summed E-state index contributed by atoms with van der Waals surface area (Å²) in [5.41, 5.74) is 5.34. The predicted molar refractivity (Wildman–Crippen MR) is 77.5 cm³/mol. The Balaban J connectivity index is 0.00000162. The number of aromatic nitrogens is 1. The van der Waals surface area contributed by atoms with E-state index >= 15 is 0 Å². The van der Waals surface area contributed by atoms with Crippen LogP contribution < -0.4 is 5.73 Å². The summed E-state index contributed by atoms with van der Waals surface area (Å²) in [7, 11) is 0. The molecule has 0 aromatic carbocycles. The Morgan fingerprint density at radius 3 is 2.32 bits per heavy atom. The van der Waals surface area contributed by atoms with Crippen molar-refractivity contribution in [2.24, 2.45) is 5.73 Å². The zero-order chi connectivity index (χ0) is 12.3. The molecule has 2 rings (SSSR count). The number of nitrogens with zero attached hydrogens (tertiary/aromatic N) is 2. The normalized spacial score (nSPS) is 17.1. The van der Waals surface area contributed by atoms with Crippen molar-refractivity contribution in [2.75, 3.05) is 19.7 Å². The van der Waals surface area contributed by atoms with Crippen molar-refractivity contribution in [3.63, 3.8) is 0 Å². The Bertz CT molecular complexity index is 399. The predicted octanol–water partition coefficient (Wildman–Crippen LogP) is 0.694. The molecule has 0 aliphatic carbocycles. The summed E-state index contributed by atoms with van der Waals surface area (Å²) in [5.74, 6) is -0.205. The third-order valence-corrected chi connectivity index (χ3v) is 3.22. The number of aliphatic hydroxyl groups is 1. The standard InChI is InChI=1S/C12H17N3O2.2ClH/c13-12(9-16,10-3-5-14-6-4-10)11(17)15-7-1-2-8-15;;/h3-6,16H,1-2,7-9,13H2;2*1H/t12-;;/m0../s1. The molecule has 0 unspecified atom stereocenters. The third-order valence-electron chi connectivity index (χ3n) is 3.22. The van der Waals surface area contributed by atoms with Gasteiger partial charge in [-0.15, -0.1) is 24.8 Å². The first kappa shape index (κ1) is 18.1. The van der Waals surface area contributed by atoms with Gasteiger partial charge in [0, 0.05) is 25.5 Å². The molecule has 1 aliphatic heterocycles. The second kappa shape index (κ2) is 7.65. The van der Waals surface area contributed by atoms with Crippen LogP contribution in [0.4, 0.5) is 0 Å². The molecule has 3 N–H and O–H groups in total. The SMILES string of the molecule is Cl.Cl.N[C@](CO)(C(=O)N1CCCC1)c1ccncc1. The Morgan fingerprint density at radius 2 is 1.84 bits per heavy atom. The number of halogens is 2. The smallest absolute Gasteiger partial charge is 0.249 e. The van der Waals surface area contributed by atoms with Gasteiger partial charge in [-0.05, 0) is 30.5 Å². The van der Waals surface area contributed by atoms with Crippen molar-refractivity contribution < 1.29 is 9.90 Å². The number of carbonyl (C=O) groups excluding carboxylic acids is 1. The van der Waals surface area contributed by atoms with Crippen LogP contribution >= 0.6 is 24.8 Å². The van der Waals surface area contributed by atoms with Crippen molar-refractivity contribution in [1.29, 1.82) is 0 Å². The molecule has 0 bridgehead atoms. The highest BCUT2D eigenvalue weighted by atomic mass is 35.5. The van der Waals surface area contributed by atoms with E-state index in [0.29, 0.717) is 5.56 Å². The first-order chi connectivity index (χ1) is 8.18. The summed E-state index contributed by atoms with van der Waals surface area (Å²) in [6.07, 6.45) is 5.15. The van der Waals surface area contributed by atoms with Gasteiger partial charge in [-0.1, -0.05) is 0 Å². The minimum absolute atomic E-state index is 0. The van der Waals surface area contributed by atoms with Crippen LogP contribution in [0.2, 0.25) is 0 Å². The number of aliphatic hydroxyl groups excluding tert-OH is 1. The average Bonchev–Trinajstić information content (AvgIpc) is 2.92. The van der Waals surface area contributed by atoms with Crippen LogP contribution in [-0.4, -0.2) is 40.6 Å². The fourth-order valence-electron chi connectivity index (χ4n) is 2.13. The summed E-state index contributed by atoms with van der Waals surface area (Å²) >= 11 is 0. The van der Waals surface area contributed by atoms with Crippen LogP contribution in [0, 0.1) is 0 Å². The van der Waals surface area contributed by atoms with Crippen LogP contribution in [0.1, 0.15) is 18.4 Å². The van der Waals surface area contributed by atoms with Crippen LogP contribution in [0.25, 0.3) is 0 Å². The quantitative estimate of drug-likeness (QED) is 0.861. The van der Waals surface area contributed by atoms with Crippen molar-refractivity contribution in [1.82, 2.24) is 9.88 Å². The van der Waals surface area contributed by atoms with Crippen molar-refractivity contribution >= 4 is 30.7 Å². The summed E-state index contributed by atoms with van der Waals surface area (Å²) < 4.78 is 0. The van der Waals surface area contributed by atoms with E-state index in [2.05, 4.69) is 4.98 Å². The fraction of sp³-hybridized carbons (Fsp3) is 0.500. The number of rotatable bonds is 3. The molecular formula is C12H19Cl2N3O2. The molecular weight excluding hydrogens is 289 g/mol. The van der Waals surface area contributed by atoms with E-state index in [0.717, 1.165) is 25.9 Å². The molecule has 1 atom stereocenters. The van der Waals surface area contributed by atoms with E-state index in [1.807, 2.05) is 0 Å². The highest BCUT2D eigenvalue weighted by Crippen LogP contribution is 2.22. The minimum Gasteiger partial charge on any atom is -0.394 e. The first-order valence-corrected chi connectivity index (χ1v) is 5.78. The van der Waals surface area contributed by atoms with Gasteiger partial charge in [0.05, 0.1) is 6.61 Å². The summed E-state index contributed by atoms with van der Waals surface area (Å²) in [4.78, 5) is 17.9. The molecule has 1 saturated heterocycles. The molecule has 0 radical (unpaired) electrons. The molecule has 1 aromatic rings. The van der Waals surface area contributed by atoms with Gasteiger partial charge >= 0.3 is 0 Å². The molecule has 1 fully saturated rings. The molecule has 108 valence electrons. The number of carbonyl (C=O) groups is 1. The highest BCUT2D eigenvalue weighted by molar-refractivity contribution is 5.88. The lowest BCUT2D eigenvalue weighted by molar-refractivity contribution is -0.137. The molecule has 5 nitrogen and oxygen atoms in total. The van der Waals surface area contributed by atoms with E-state index < -0.39 is 12.1 Å². The van der Waals surface area contributed by atoms with Gasteiger partial charge in [-0.3, -0.25) is 9.78 Å². The molecule has 7 heteroatoms. The summed E-state index contributed by atoms with van der Waals surface area (Å²) in [5, 5.41) is 9.48. The lowest BCUT2D eigenvalue weighted by atomic mass is 9.91.